The van der Waals surface area contributed by atoms with E-state index in [4.69, 9.17) is 4.74 Å². The Hall–Kier alpha value is -0.300. The van der Waals surface area contributed by atoms with Gasteiger partial charge in [-0.25, -0.2) is 0 Å². The predicted molar refractivity (Wildman–Crippen MR) is 66.1 cm³/mol. The molecule has 0 N–H and O–H groups in total. The molecule has 0 aliphatic heterocycles. The van der Waals surface area contributed by atoms with Crippen molar-refractivity contribution in [3.05, 3.63) is 12.2 Å². The molecule has 0 aromatic rings. The van der Waals surface area contributed by atoms with Gasteiger partial charge in [-0.2, -0.15) is 0 Å². The first-order valence-corrected chi connectivity index (χ1v) is 7.07. The molecule has 3 rings (SSSR count). The van der Waals surface area contributed by atoms with Gasteiger partial charge in [0.05, 0.1) is 12.7 Å². The molecule has 90 valence electrons. The lowest BCUT2D eigenvalue weighted by molar-refractivity contribution is 0.0132. The van der Waals surface area contributed by atoms with Crippen LogP contribution in [-0.2, 0) is 4.74 Å². The van der Waals surface area contributed by atoms with Crippen LogP contribution in [0.3, 0.4) is 0 Å². The van der Waals surface area contributed by atoms with E-state index in [1.165, 1.54) is 19.3 Å². The summed E-state index contributed by atoms with van der Waals surface area (Å²) in [6.45, 7) is 5.44. The summed E-state index contributed by atoms with van der Waals surface area (Å²) in [4.78, 5) is 0. The first-order chi connectivity index (χ1) is 7.79. The van der Waals surface area contributed by atoms with Crippen LogP contribution in [-0.4, -0.2) is 12.7 Å². The molecule has 2 saturated carbocycles. The highest BCUT2D eigenvalue weighted by atomic mass is 16.5. The Bertz CT molecular complexity index is 283. The Kier molecular flexibility index (Phi) is 2.83. The van der Waals surface area contributed by atoms with E-state index in [1.54, 1.807) is 0 Å². The normalized spacial score (nSPS) is 46.2. The molecule has 0 heterocycles. The fraction of sp³-hybridized carbons (Fsp3) is 0.867. The lowest BCUT2D eigenvalue weighted by Crippen LogP contribution is -2.28. The number of allylic oxidation sites excluding steroid dienone is 2. The maximum Gasteiger partial charge on any atom is 0.0544 e. The smallest absolute Gasteiger partial charge is 0.0544 e. The topological polar surface area (TPSA) is 9.23 Å². The van der Waals surface area contributed by atoms with E-state index in [2.05, 4.69) is 26.0 Å². The molecule has 0 saturated heterocycles. The van der Waals surface area contributed by atoms with E-state index in [-0.39, 0.29) is 0 Å². The minimum absolute atomic E-state index is 0.455. The molecule has 3 aliphatic carbocycles. The second-order valence-corrected chi connectivity index (χ2v) is 6.11. The monoisotopic (exact) mass is 220 g/mol. The quantitative estimate of drug-likeness (QED) is 0.657. The molecule has 0 spiro atoms. The fourth-order valence-corrected chi connectivity index (χ4v) is 4.30. The molecular weight excluding hydrogens is 196 g/mol. The Morgan fingerprint density at radius 2 is 2.19 bits per heavy atom. The van der Waals surface area contributed by atoms with Crippen LogP contribution < -0.4 is 0 Å². The third-order valence-corrected chi connectivity index (χ3v) is 5.31. The summed E-state index contributed by atoms with van der Waals surface area (Å²) in [6, 6.07) is 0. The number of hydrogen-bond acceptors (Lipinski definition) is 1. The third-order valence-electron chi connectivity index (χ3n) is 5.31. The Balaban J connectivity index is 1.56. The predicted octanol–water partition coefficient (Wildman–Crippen LogP) is 3.65. The zero-order valence-electron chi connectivity index (χ0n) is 10.6. The minimum atomic E-state index is 0.455. The van der Waals surface area contributed by atoms with Crippen LogP contribution in [0.4, 0.5) is 0 Å². The van der Waals surface area contributed by atoms with Crippen molar-refractivity contribution in [2.24, 2.45) is 29.6 Å². The van der Waals surface area contributed by atoms with Gasteiger partial charge < -0.3 is 4.74 Å². The van der Waals surface area contributed by atoms with Crippen molar-refractivity contribution in [3.63, 3.8) is 0 Å². The van der Waals surface area contributed by atoms with Gasteiger partial charge in [-0.1, -0.05) is 19.1 Å². The molecule has 3 aliphatic rings. The van der Waals surface area contributed by atoms with Crippen molar-refractivity contribution >= 4 is 0 Å². The minimum Gasteiger partial charge on any atom is -0.378 e. The number of hydrogen-bond donors (Lipinski definition) is 0. The van der Waals surface area contributed by atoms with E-state index < -0.39 is 0 Å². The Morgan fingerprint density at radius 1 is 1.31 bits per heavy atom. The lowest BCUT2D eigenvalue weighted by atomic mass is 9.76. The zero-order chi connectivity index (χ0) is 11.1. The lowest BCUT2D eigenvalue weighted by Gasteiger charge is -2.31. The molecule has 0 radical (unpaired) electrons. The van der Waals surface area contributed by atoms with Crippen molar-refractivity contribution in [3.8, 4) is 0 Å². The van der Waals surface area contributed by atoms with Gasteiger partial charge in [0.25, 0.3) is 0 Å². The van der Waals surface area contributed by atoms with Crippen LogP contribution in [0.15, 0.2) is 12.2 Å². The highest BCUT2D eigenvalue weighted by Gasteiger charge is 2.52. The van der Waals surface area contributed by atoms with Crippen LogP contribution in [0.5, 0.6) is 0 Å². The molecule has 16 heavy (non-hydrogen) atoms. The van der Waals surface area contributed by atoms with Gasteiger partial charge in [0.1, 0.15) is 0 Å². The second-order valence-electron chi connectivity index (χ2n) is 6.11. The summed E-state index contributed by atoms with van der Waals surface area (Å²) in [6.07, 6.45) is 10.8. The van der Waals surface area contributed by atoms with Gasteiger partial charge >= 0.3 is 0 Å². The summed E-state index contributed by atoms with van der Waals surface area (Å²) in [5.74, 6) is 4.79. The van der Waals surface area contributed by atoms with E-state index in [0.717, 1.165) is 42.6 Å². The Labute approximate surface area is 99.3 Å². The molecule has 6 atom stereocenters. The van der Waals surface area contributed by atoms with E-state index in [9.17, 15) is 0 Å². The summed E-state index contributed by atoms with van der Waals surface area (Å²) in [7, 11) is 0. The highest BCUT2D eigenvalue weighted by molar-refractivity contribution is 5.13. The molecule has 2 bridgehead atoms. The van der Waals surface area contributed by atoms with Crippen molar-refractivity contribution in [1.29, 1.82) is 0 Å². The summed E-state index contributed by atoms with van der Waals surface area (Å²) in [5, 5.41) is 0. The SMILES string of the molecule is CCC(C)OCC1CC2CC1C1CC=CC21. The molecule has 0 amide bonds. The number of rotatable bonds is 4. The van der Waals surface area contributed by atoms with Gasteiger partial charge in [-0.3, -0.25) is 0 Å². The van der Waals surface area contributed by atoms with Crippen molar-refractivity contribution in [2.45, 2.75) is 45.6 Å². The maximum absolute atomic E-state index is 5.96. The molecule has 0 aromatic heterocycles. The zero-order valence-corrected chi connectivity index (χ0v) is 10.6. The fourth-order valence-electron chi connectivity index (χ4n) is 4.30. The van der Waals surface area contributed by atoms with Gasteiger partial charge in [0, 0.05) is 0 Å². The van der Waals surface area contributed by atoms with Crippen LogP contribution in [0.1, 0.15) is 39.5 Å². The molecule has 1 nitrogen and oxygen atoms in total. The van der Waals surface area contributed by atoms with Gasteiger partial charge in [-0.15, -0.1) is 0 Å². The van der Waals surface area contributed by atoms with Crippen LogP contribution in [0, 0.1) is 29.6 Å². The maximum atomic E-state index is 5.96. The van der Waals surface area contributed by atoms with Gasteiger partial charge in [0.15, 0.2) is 0 Å². The molecule has 0 aromatic carbocycles. The Morgan fingerprint density at radius 3 is 3.00 bits per heavy atom. The third kappa shape index (κ3) is 1.64. The van der Waals surface area contributed by atoms with Crippen molar-refractivity contribution < 1.29 is 4.74 Å². The first-order valence-electron chi connectivity index (χ1n) is 7.07. The first kappa shape index (κ1) is 10.8. The molecule has 1 heteroatoms. The average Bonchev–Trinajstić information content (AvgIpc) is 2.96. The van der Waals surface area contributed by atoms with Crippen LogP contribution >= 0.6 is 0 Å². The van der Waals surface area contributed by atoms with Gasteiger partial charge in [0.2, 0.25) is 0 Å². The molecular formula is C15H24O. The standard InChI is InChI=1S/C15H24O/c1-3-10(2)16-9-12-7-11-8-15(12)14-6-4-5-13(11)14/h4-5,10-15H,3,6-9H2,1-2H3. The molecule has 6 unspecified atom stereocenters. The van der Waals surface area contributed by atoms with Crippen LogP contribution in [0.2, 0.25) is 0 Å². The summed E-state index contributed by atoms with van der Waals surface area (Å²) in [5.41, 5.74) is 0. The van der Waals surface area contributed by atoms with Crippen molar-refractivity contribution in [1.82, 2.24) is 0 Å². The summed E-state index contributed by atoms with van der Waals surface area (Å²) >= 11 is 0. The van der Waals surface area contributed by atoms with Crippen molar-refractivity contribution in [2.75, 3.05) is 6.61 Å². The second kappa shape index (κ2) is 4.18. The van der Waals surface area contributed by atoms with E-state index >= 15 is 0 Å². The van der Waals surface area contributed by atoms with E-state index in [0.29, 0.717) is 6.10 Å². The van der Waals surface area contributed by atoms with Gasteiger partial charge in [-0.05, 0) is 62.2 Å². The summed E-state index contributed by atoms with van der Waals surface area (Å²) < 4.78 is 5.96. The molecule has 2 fully saturated rings. The number of ether oxygens (including phenoxy) is 1. The average molecular weight is 220 g/mol. The number of fused-ring (bicyclic) bond motifs is 5. The highest BCUT2D eigenvalue weighted by Crippen LogP contribution is 2.58. The largest absolute Gasteiger partial charge is 0.378 e. The van der Waals surface area contributed by atoms with Crippen LogP contribution in [0.25, 0.3) is 0 Å². The van der Waals surface area contributed by atoms with E-state index in [1.807, 2.05) is 0 Å².